The van der Waals surface area contributed by atoms with E-state index in [1.807, 2.05) is 0 Å². The largest absolute Gasteiger partial charge is 0.456 e. The summed E-state index contributed by atoms with van der Waals surface area (Å²) in [5.74, 6) is -2.65. The van der Waals surface area contributed by atoms with Crippen LogP contribution in [-0.4, -0.2) is 226 Å². The second kappa shape index (κ2) is 26.5. The van der Waals surface area contributed by atoms with Gasteiger partial charge in [-0.05, 0) is 34.1 Å². The maximum Gasteiger partial charge on any atom is 0.336 e. The third kappa shape index (κ3) is 14.9. The molecule has 20 atom stereocenters. The highest BCUT2D eigenvalue weighted by atomic mass is 16.7. The number of rotatable bonds is 18. The molecule has 0 unspecified atom stereocenters. The molecule has 1 saturated carbocycles. The molecule has 4 fully saturated rings. The van der Waals surface area contributed by atoms with Crippen LogP contribution >= 0.6 is 0 Å². The second-order valence-electron chi connectivity index (χ2n) is 17.0. The number of ether oxygens (including phenoxy) is 7. The van der Waals surface area contributed by atoms with Crippen LogP contribution in [0.15, 0.2) is 83.1 Å². The molecule has 384 valence electrons. The number of allylic oxidation sites excluding steroid dienone is 12. The molecule has 0 radical (unpaired) electrons. The molecule has 0 spiro atoms. The summed E-state index contributed by atoms with van der Waals surface area (Å²) in [4.78, 5) is 25.7. The van der Waals surface area contributed by atoms with Crippen LogP contribution in [0.4, 0.5) is 0 Å². The average molecular weight is 975 g/mol. The van der Waals surface area contributed by atoms with Crippen molar-refractivity contribution in [3.63, 3.8) is 0 Å². The highest BCUT2D eigenvalue weighted by molar-refractivity contribution is 5.88. The molecule has 23 heteroatoms. The van der Waals surface area contributed by atoms with Gasteiger partial charge in [0, 0.05) is 17.1 Å². The fraction of sp³-hybridized carbons (Fsp3) is 0.644. The molecular weight excluding hydrogens is 908 g/mol. The van der Waals surface area contributed by atoms with E-state index >= 15 is 0 Å². The lowest BCUT2D eigenvalue weighted by Gasteiger charge is -2.42. The zero-order valence-electron chi connectivity index (χ0n) is 37.8. The third-order valence-electron chi connectivity index (χ3n) is 11.7. The summed E-state index contributed by atoms with van der Waals surface area (Å²) in [5, 5.41) is 142. The van der Waals surface area contributed by atoms with Gasteiger partial charge in [0.05, 0.1) is 32.5 Å². The van der Waals surface area contributed by atoms with E-state index in [0.717, 1.165) is 11.1 Å². The van der Waals surface area contributed by atoms with Crippen molar-refractivity contribution in [3.8, 4) is 0 Å². The molecule has 3 saturated heterocycles. The highest BCUT2D eigenvalue weighted by Crippen LogP contribution is 2.31. The number of aliphatic hydroxyl groups is 14. The topological polar surface area (TPSA) is 382 Å². The fourth-order valence-electron chi connectivity index (χ4n) is 7.31. The summed E-state index contributed by atoms with van der Waals surface area (Å²) in [6.07, 6.45) is -14.0. The third-order valence-corrected chi connectivity index (χ3v) is 11.7. The van der Waals surface area contributed by atoms with E-state index < -0.39 is 154 Å². The SMILES string of the molecule is CC(/C=C/C=C(\C)C(=O)O[C@@H]1O[C@H](CO[C@@H]2O[C@H](CO)[C@@H](O)[C@H](O)[C@H]2O)[C@@H](O)[C@H](O)[C@H]1O)=C\C=C\C=C(C)\C=C\C=C(/C)C(=O)O[C@@H]1C[C@H](CO[C@@H]2O[C@H](CO)[C@@H](O)[C@H](O)[C@H]2O)[C@@H](O)[C@H](O)[C@H]1O. The van der Waals surface area contributed by atoms with Gasteiger partial charge in [-0.25, -0.2) is 9.59 Å². The molecular formula is C45H66O23. The number of carbonyl (C=O) groups excluding carboxylic acids is 2. The van der Waals surface area contributed by atoms with Gasteiger partial charge in [0.2, 0.25) is 6.29 Å². The summed E-state index contributed by atoms with van der Waals surface area (Å²) in [6, 6.07) is 0. The normalized spacial score (nSPS) is 40.3. The predicted octanol–water partition coefficient (Wildman–Crippen LogP) is -4.56. The number of hydrogen-bond acceptors (Lipinski definition) is 23. The first-order chi connectivity index (χ1) is 32.1. The lowest BCUT2D eigenvalue weighted by Crippen LogP contribution is -2.61. The van der Waals surface area contributed by atoms with Crippen LogP contribution < -0.4 is 0 Å². The van der Waals surface area contributed by atoms with Gasteiger partial charge in [0.25, 0.3) is 0 Å². The lowest BCUT2D eigenvalue weighted by molar-refractivity contribution is -0.326. The Morgan fingerprint density at radius 3 is 1.32 bits per heavy atom. The minimum Gasteiger partial charge on any atom is -0.456 e. The second-order valence-corrected chi connectivity index (χ2v) is 17.0. The molecule has 0 amide bonds. The van der Waals surface area contributed by atoms with E-state index in [0.29, 0.717) is 0 Å². The number of esters is 2. The van der Waals surface area contributed by atoms with Gasteiger partial charge in [-0.15, -0.1) is 0 Å². The molecule has 0 aromatic carbocycles. The van der Waals surface area contributed by atoms with Gasteiger partial charge in [-0.2, -0.15) is 0 Å². The Labute approximate surface area is 391 Å². The van der Waals surface area contributed by atoms with Crippen LogP contribution in [0.5, 0.6) is 0 Å². The van der Waals surface area contributed by atoms with Gasteiger partial charge >= 0.3 is 11.9 Å². The van der Waals surface area contributed by atoms with E-state index in [2.05, 4.69) is 0 Å². The van der Waals surface area contributed by atoms with Crippen LogP contribution in [0.1, 0.15) is 34.1 Å². The molecule has 4 rings (SSSR count). The van der Waals surface area contributed by atoms with Crippen LogP contribution in [0, 0.1) is 5.92 Å². The molecule has 4 aliphatic rings. The molecule has 23 nitrogen and oxygen atoms in total. The smallest absolute Gasteiger partial charge is 0.336 e. The fourth-order valence-corrected chi connectivity index (χ4v) is 7.31. The quantitative estimate of drug-likeness (QED) is 0.0349. The van der Waals surface area contributed by atoms with Gasteiger partial charge < -0.3 is 105 Å². The molecule has 14 N–H and O–H groups in total. The van der Waals surface area contributed by atoms with Crippen molar-refractivity contribution < 1.29 is 114 Å². The molecule has 3 aliphatic heterocycles. The minimum atomic E-state index is -1.85. The lowest BCUT2D eigenvalue weighted by atomic mass is 9.81. The van der Waals surface area contributed by atoms with Gasteiger partial charge in [-0.1, -0.05) is 71.9 Å². The Hall–Kier alpha value is -3.64. The predicted molar refractivity (Wildman–Crippen MR) is 231 cm³/mol. The molecule has 68 heavy (non-hydrogen) atoms. The maximum absolute atomic E-state index is 12.9. The highest BCUT2D eigenvalue weighted by Gasteiger charge is 2.50. The number of aliphatic hydroxyl groups excluding tert-OH is 14. The van der Waals surface area contributed by atoms with E-state index in [9.17, 15) is 81.1 Å². The van der Waals surface area contributed by atoms with Crippen molar-refractivity contribution in [2.24, 2.45) is 5.92 Å². The van der Waals surface area contributed by atoms with E-state index in [1.54, 1.807) is 62.5 Å². The van der Waals surface area contributed by atoms with Gasteiger partial charge in [0.15, 0.2) is 12.6 Å². The Morgan fingerprint density at radius 1 is 0.456 bits per heavy atom. The van der Waals surface area contributed by atoms with Crippen LogP contribution in [-0.2, 0) is 42.7 Å². The van der Waals surface area contributed by atoms with Crippen molar-refractivity contribution in [2.45, 2.75) is 151 Å². The van der Waals surface area contributed by atoms with Crippen molar-refractivity contribution >= 4 is 11.9 Å². The Kier molecular flexibility index (Phi) is 22.2. The summed E-state index contributed by atoms with van der Waals surface area (Å²) < 4.78 is 37.6. The molecule has 3 heterocycles. The first-order valence-electron chi connectivity index (χ1n) is 21.8. The summed E-state index contributed by atoms with van der Waals surface area (Å²) in [5.41, 5.74) is 1.80. The van der Waals surface area contributed by atoms with Crippen molar-refractivity contribution in [1.29, 1.82) is 0 Å². The number of carbonyl (C=O) groups is 2. The van der Waals surface area contributed by atoms with Crippen LogP contribution in [0.2, 0.25) is 0 Å². The Morgan fingerprint density at radius 2 is 0.853 bits per heavy atom. The zero-order chi connectivity index (χ0) is 50.6. The Bertz CT molecular complexity index is 1730. The van der Waals surface area contributed by atoms with E-state index in [4.69, 9.17) is 33.2 Å². The van der Waals surface area contributed by atoms with Crippen LogP contribution in [0.3, 0.4) is 0 Å². The summed E-state index contributed by atoms with van der Waals surface area (Å²) in [6.45, 7) is 4.15. The van der Waals surface area contributed by atoms with Crippen molar-refractivity contribution in [2.75, 3.05) is 26.4 Å². The summed E-state index contributed by atoms with van der Waals surface area (Å²) in [7, 11) is 0. The number of hydrogen-bond donors (Lipinski definition) is 14. The zero-order valence-corrected chi connectivity index (χ0v) is 37.8. The Balaban J connectivity index is 1.23. The van der Waals surface area contributed by atoms with Crippen LogP contribution in [0.25, 0.3) is 0 Å². The maximum atomic E-state index is 12.9. The standard InChI is InChI=1S/C45H66O23/c1-20(11-7-13-22(3)41(60)64-25-15-24(29(48)34(53)30(25)49)18-62-43-38(57)35(54)31(50)26(16-46)65-43)9-5-6-10-21(2)12-8-14-23(4)42(61)68-45-40(59)37(56)33(52)28(67-45)19-63-44-39(58)36(55)32(51)27(17-47)66-44/h5-14,24-40,43-59H,15-19H2,1-4H3/b6-5+,11-7+,12-8+,20-9+,21-10+,22-13+,23-14+/t24-,25-,26-,27-,28-,29-,30+,31-,32-,33-,34+,35+,36+,37+,38-,39-,40-,43-,44-,45+/m1/s1. The van der Waals surface area contributed by atoms with E-state index in [1.165, 1.54) is 26.0 Å². The first-order valence-corrected chi connectivity index (χ1v) is 21.8. The van der Waals surface area contributed by atoms with Crippen molar-refractivity contribution in [3.05, 3.63) is 83.1 Å². The summed E-state index contributed by atoms with van der Waals surface area (Å²) >= 11 is 0. The van der Waals surface area contributed by atoms with Crippen molar-refractivity contribution in [1.82, 2.24) is 0 Å². The van der Waals surface area contributed by atoms with Gasteiger partial charge in [0.1, 0.15) is 91.6 Å². The molecule has 0 aromatic heterocycles. The molecule has 0 bridgehead atoms. The van der Waals surface area contributed by atoms with Gasteiger partial charge in [-0.3, -0.25) is 0 Å². The average Bonchev–Trinajstić information content (AvgIpc) is 3.31. The minimum absolute atomic E-state index is 0.0787. The first kappa shape index (κ1) is 56.9. The van der Waals surface area contributed by atoms with E-state index in [-0.39, 0.29) is 24.2 Å². The molecule has 1 aliphatic carbocycles. The monoisotopic (exact) mass is 974 g/mol. The molecule has 0 aromatic rings.